The van der Waals surface area contributed by atoms with E-state index in [1.54, 1.807) is 17.8 Å². The molecule has 7 rings (SSSR count). The summed E-state index contributed by atoms with van der Waals surface area (Å²) >= 11 is 3.72. The topological polar surface area (TPSA) is 57.6 Å². The normalized spacial score (nSPS) is 36.4. The van der Waals surface area contributed by atoms with Gasteiger partial charge in [0.15, 0.2) is 0 Å². The number of allylic oxidation sites excluding steroid dienone is 3. The Kier molecular flexibility index (Phi) is 4.26. The van der Waals surface area contributed by atoms with E-state index in [9.17, 15) is 14.7 Å². The minimum absolute atomic E-state index is 0.0124. The summed E-state index contributed by atoms with van der Waals surface area (Å²) in [6, 6.07) is 17.0. The molecule has 2 bridgehead atoms. The number of phenolic OH excluding ortho intramolecular Hbond substituents is 1. The first-order valence-corrected chi connectivity index (χ1v) is 13.2. The number of fused-ring (bicyclic) bond motifs is 8. The molecule has 4 nitrogen and oxygen atoms in total. The standard InChI is InChI=1S/C27H23NO3S2/c1-13-10-19-25(32-13)20(14-6-5-9-16(29)11-14)21-17-12-18(24(21)33-19)23-22(17)26(30)28(27(23)31)15-7-3-2-4-8-15/h2-9,11,17-18,20-24,29H,1,10,12H2/t17-,18-,20-,21-,22+,23-,24-/m1/s1. The van der Waals surface area contributed by atoms with Crippen molar-refractivity contribution in [2.45, 2.75) is 24.0 Å². The lowest BCUT2D eigenvalue weighted by Crippen LogP contribution is -2.42. The molecule has 0 aromatic heterocycles. The van der Waals surface area contributed by atoms with Gasteiger partial charge in [0.2, 0.25) is 11.8 Å². The maximum atomic E-state index is 13.7. The van der Waals surface area contributed by atoms with Crippen molar-refractivity contribution in [2.24, 2.45) is 29.6 Å². The van der Waals surface area contributed by atoms with Crippen LogP contribution in [0, 0.1) is 29.6 Å². The van der Waals surface area contributed by atoms with Gasteiger partial charge in [0.05, 0.1) is 17.5 Å². The van der Waals surface area contributed by atoms with Gasteiger partial charge in [-0.25, -0.2) is 0 Å². The fraction of sp³-hybridized carbons (Fsp3) is 0.333. The largest absolute Gasteiger partial charge is 0.508 e. The minimum atomic E-state index is -0.235. The lowest BCUT2D eigenvalue weighted by Gasteiger charge is -2.44. The van der Waals surface area contributed by atoms with Crippen molar-refractivity contribution in [1.82, 2.24) is 0 Å². The molecule has 1 N–H and O–H groups in total. The molecular formula is C27H23NO3S2. The van der Waals surface area contributed by atoms with Gasteiger partial charge in [-0.2, -0.15) is 0 Å². The zero-order valence-corrected chi connectivity index (χ0v) is 19.5. The summed E-state index contributed by atoms with van der Waals surface area (Å²) in [6.45, 7) is 4.24. The molecule has 0 radical (unpaired) electrons. The second-order valence-electron chi connectivity index (χ2n) is 9.80. The smallest absolute Gasteiger partial charge is 0.238 e. The number of phenols is 1. The Labute approximate surface area is 201 Å². The van der Waals surface area contributed by atoms with E-state index in [-0.39, 0.29) is 53.1 Å². The number of hydrogen-bond acceptors (Lipinski definition) is 5. The van der Waals surface area contributed by atoms with Crippen LogP contribution in [-0.2, 0) is 9.59 Å². The van der Waals surface area contributed by atoms with Gasteiger partial charge in [-0.05, 0) is 58.9 Å². The maximum Gasteiger partial charge on any atom is 0.238 e. The number of aromatic hydroxyl groups is 1. The molecule has 33 heavy (non-hydrogen) atoms. The molecule has 6 heteroatoms. The van der Waals surface area contributed by atoms with Gasteiger partial charge in [-0.15, -0.1) is 11.8 Å². The Morgan fingerprint density at radius 2 is 1.73 bits per heavy atom. The predicted molar refractivity (Wildman–Crippen MR) is 132 cm³/mol. The third kappa shape index (κ3) is 2.68. The van der Waals surface area contributed by atoms with Crippen LogP contribution in [0.2, 0.25) is 0 Å². The van der Waals surface area contributed by atoms with Crippen molar-refractivity contribution in [3.63, 3.8) is 0 Å². The van der Waals surface area contributed by atoms with Crippen molar-refractivity contribution < 1.29 is 14.7 Å². The van der Waals surface area contributed by atoms with Crippen LogP contribution < -0.4 is 4.90 Å². The van der Waals surface area contributed by atoms with Gasteiger partial charge < -0.3 is 5.11 Å². The molecular weight excluding hydrogens is 450 g/mol. The van der Waals surface area contributed by atoms with E-state index in [1.165, 1.54) is 14.7 Å². The average Bonchev–Trinajstić information content (AvgIpc) is 3.53. The molecule has 2 amide bonds. The molecule has 2 aromatic carbocycles. The average molecular weight is 474 g/mol. The summed E-state index contributed by atoms with van der Waals surface area (Å²) in [5.74, 6) is 0.620. The SMILES string of the molecule is C=C1CC2=C(S1)[C@H](c1cccc(O)c1)[C@H]1[C@H]3C[C@@H]([C@H]1S2)[C@H]1C(=O)N(c2ccccc2)C(=O)[C@@H]31. The van der Waals surface area contributed by atoms with Crippen LogP contribution >= 0.6 is 23.5 Å². The first-order valence-electron chi connectivity index (χ1n) is 11.5. The molecule has 3 heterocycles. The molecule has 3 aliphatic heterocycles. The van der Waals surface area contributed by atoms with Crippen LogP contribution in [0.25, 0.3) is 0 Å². The number of benzene rings is 2. The number of rotatable bonds is 2. The third-order valence-corrected chi connectivity index (χ3v) is 11.1. The summed E-state index contributed by atoms with van der Waals surface area (Å²) in [5.41, 5.74) is 1.80. The lowest BCUT2D eigenvalue weighted by molar-refractivity contribution is -0.123. The Bertz CT molecular complexity index is 1260. The van der Waals surface area contributed by atoms with Crippen molar-refractivity contribution in [3.05, 3.63) is 81.5 Å². The number of amides is 2. The second-order valence-corrected chi connectivity index (χ2v) is 12.3. The highest BCUT2D eigenvalue weighted by atomic mass is 32.2. The Morgan fingerprint density at radius 1 is 0.970 bits per heavy atom. The fourth-order valence-electron chi connectivity index (χ4n) is 7.20. The van der Waals surface area contributed by atoms with E-state index in [0.29, 0.717) is 10.9 Å². The molecule has 2 aliphatic carbocycles. The number of para-hydroxylation sites is 1. The van der Waals surface area contributed by atoms with Crippen LogP contribution in [-0.4, -0.2) is 22.2 Å². The maximum absolute atomic E-state index is 13.7. The highest BCUT2D eigenvalue weighted by molar-refractivity contribution is 8.10. The van der Waals surface area contributed by atoms with Crippen molar-refractivity contribution in [3.8, 4) is 5.75 Å². The van der Waals surface area contributed by atoms with Crippen molar-refractivity contribution in [2.75, 3.05) is 4.90 Å². The van der Waals surface area contributed by atoms with Gasteiger partial charge in [0.1, 0.15) is 5.75 Å². The van der Waals surface area contributed by atoms with Crippen molar-refractivity contribution >= 4 is 41.0 Å². The van der Waals surface area contributed by atoms with Crippen LogP contribution in [0.1, 0.15) is 24.3 Å². The highest BCUT2D eigenvalue weighted by Gasteiger charge is 2.69. The Balaban J connectivity index is 1.32. The third-order valence-electron chi connectivity index (χ3n) is 8.24. The quantitative estimate of drug-likeness (QED) is 0.582. The summed E-state index contributed by atoms with van der Waals surface area (Å²) < 4.78 is 0. The van der Waals surface area contributed by atoms with E-state index in [1.807, 2.05) is 54.2 Å². The van der Waals surface area contributed by atoms with Crippen LogP contribution in [0.15, 0.2) is 75.9 Å². The summed E-state index contributed by atoms with van der Waals surface area (Å²) in [5, 5.41) is 10.6. The second kappa shape index (κ2) is 7.03. The summed E-state index contributed by atoms with van der Waals surface area (Å²) in [6.07, 6.45) is 1.83. The van der Waals surface area contributed by atoms with E-state index >= 15 is 0 Å². The highest BCUT2D eigenvalue weighted by Crippen LogP contribution is 2.71. The number of nitrogens with zero attached hydrogens (tertiary/aromatic N) is 1. The lowest BCUT2D eigenvalue weighted by atomic mass is 9.68. The number of hydrogen-bond donors (Lipinski definition) is 1. The molecule has 1 saturated heterocycles. The number of thioether (sulfide) groups is 2. The number of imide groups is 1. The molecule has 5 aliphatic rings. The van der Waals surface area contributed by atoms with E-state index < -0.39 is 0 Å². The Morgan fingerprint density at radius 3 is 2.48 bits per heavy atom. The van der Waals surface area contributed by atoms with Gasteiger partial charge in [0, 0.05) is 27.4 Å². The zero-order valence-electron chi connectivity index (χ0n) is 17.9. The molecule has 2 saturated carbocycles. The van der Waals surface area contributed by atoms with Crippen LogP contribution in [0.5, 0.6) is 5.75 Å². The van der Waals surface area contributed by atoms with Gasteiger partial charge in [0.25, 0.3) is 0 Å². The number of carbonyl (C=O) groups is 2. The van der Waals surface area contributed by atoms with Crippen molar-refractivity contribution in [1.29, 1.82) is 0 Å². The van der Waals surface area contributed by atoms with Gasteiger partial charge >= 0.3 is 0 Å². The minimum Gasteiger partial charge on any atom is -0.508 e. The zero-order chi connectivity index (χ0) is 22.4. The molecule has 166 valence electrons. The monoisotopic (exact) mass is 473 g/mol. The predicted octanol–water partition coefficient (Wildman–Crippen LogP) is 5.53. The number of anilines is 1. The van der Waals surface area contributed by atoms with E-state index in [2.05, 4.69) is 12.6 Å². The molecule has 2 aromatic rings. The first kappa shape index (κ1) is 20.0. The molecule has 0 spiro atoms. The van der Waals surface area contributed by atoms with E-state index in [0.717, 1.165) is 23.3 Å². The molecule has 7 atom stereocenters. The summed E-state index contributed by atoms with van der Waals surface area (Å²) in [4.78, 5) is 32.6. The summed E-state index contributed by atoms with van der Waals surface area (Å²) in [7, 11) is 0. The molecule has 3 fully saturated rings. The Hall–Kier alpha value is -2.44. The van der Waals surface area contributed by atoms with E-state index in [4.69, 9.17) is 0 Å². The van der Waals surface area contributed by atoms with Gasteiger partial charge in [-0.1, -0.05) is 48.7 Å². The number of carbonyl (C=O) groups excluding carboxylic acids is 2. The van der Waals surface area contributed by atoms with Gasteiger partial charge in [-0.3, -0.25) is 14.5 Å². The molecule has 0 unspecified atom stereocenters. The first-order chi connectivity index (χ1) is 16.0. The van der Waals surface area contributed by atoms with Crippen LogP contribution in [0.3, 0.4) is 0 Å². The fourth-order valence-corrected chi connectivity index (χ4v) is 10.5. The van der Waals surface area contributed by atoms with Crippen LogP contribution in [0.4, 0.5) is 5.69 Å².